The van der Waals surface area contributed by atoms with Crippen molar-refractivity contribution < 1.29 is 4.79 Å². The van der Waals surface area contributed by atoms with Gasteiger partial charge in [-0.2, -0.15) is 10.2 Å². The smallest absolute Gasteiger partial charge is 0.255 e. The van der Waals surface area contributed by atoms with Gasteiger partial charge in [-0.1, -0.05) is 0 Å². The Hall–Kier alpha value is -1.16. The first-order valence-electron chi connectivity index (χ1n) is 5.43. The fourth-order valence-corrected chi connectivity index (χ4v) is 2.23. The van der Waals surface area contributed by atoms with E-state index in [4.69, 9.17) is 11.6 Å². The van der Waals surface area contributed by atoms with Crippen LogP contribution in [0.5, 0.6) is 0 Å². The summed E-state index contributed by atoms with van der Waals surface area (Å²) in [6, 6.07) is 1.69. The van der Waals surface area contributed by atoms with Gasteiger partial charge >= 0.3 is 0 Å². The van der Waals surface area contributed by atoms with Gasteiger partial charge in [0.05, 0.1) is 18.0 Å². The molecule has 1 atom stereocenters. The molecule has 1 unspecified atom stereocenters. The number of hydrogen-bond acceptors (Lipinski definition) is 3. The highest BCUT2D eigenvalue weighted by Crippen LogP contribution is 2.19. The van der Waals surface area contributed by atoms with Crippen molar-refractivity contribution in [3.05, 3.63) is 24.0 Å². The van der Waals surface area contributed by atoms with E-state index in [1.54, 1.807) is 6.07 Å². The molecular formula is C11H14ClN3O. The molecule has 1 aromatic heterocycles. The predicted octanol–water partition coefficient (Wildman–Crippen LogP) is 1.57. The molecule has 5 heteroatoms. The molecular weight excluding hydrogens is 226 g/mol. The number of carbonyl (C=O) groups excluding carboxylic acids is 1. The summed E-state index contributed by atoms with van der Waals surface area (Å²) in [5, 5.41) is 7.38. The largest absolute Gasteiger partial charge is 0.338 e. The summed E-state index contributed by atoms with van der Waals surface area (Å²) in [6.07, 6.45) is 5.19. The zero-order valence-corrected chi connectivity index (χ0v) is 9.73. The first kappa shape index (κ1) is 11.3. The molecule has 0 N–H and O–H groups in total. The summed E-state index contributed by atoms with van der Waals surface area (Å²) in [5.41, 5.74) is 0.602. The highest BCUT2D eigenvalue weighted by atomic mass is 35.5. The van der Waals surface area contributed by atoms with Crippen LogP contribution in [-0.2, 0) is 0 Å². The van der Waals surface area contributed by atoms with Gasteiger partial charge < -0.3 is 4.90 Å². The molecule has 2 heterocycles. The van der Waals surface area contributed by atoms with Crippen LogP contribution in [0.15, 0.2) is 18.5 Å². The van der Waals surface area contributed by atoms with Crippen LogP contribution in [0.1, 0.15) is 23.2 Å². The van der Waals surface area contributed by atoms with Gasteiger partial charge in [0.1, 0.15) is 0 Å². The topological polar surface area (TPSA) is 46.1 Å². The molecule has 86 valence electrons. The molecule has 0 aromatic carbocycles. The fourth-order valence-electron chi connectivity index (χ4n) is 1.98. The molecule has 0 saturated carbocycles. The van der Waals surface area contributed by atoms with E-state index in [1.165, 1.54) is 12.4 Å². The van der Waals surface area contributed by atoms with Crippen molar-refractivity contribution in [2.75, 3.05) is 19.0 Å². The Morgan fingerprint density at radius 1 is 1.56 bits per heavy atom. The van der Waals surface area contributed by atoms with Gasteiger partial charge in [-0.05, 0) is 24.8 Å². The lowest BCUT2D eigenvalue weighted by molar-refractivity contribution is 0.0684. The van der Waals surface area contributed by atoms with Crippen LogP contribution < -0.4 is 0 Å². The van der Waals surface area contributed by atoms with Crippen molar-refractivity contribution in [3.8, 4) is 0 Å². The van der Waals surface area contributed by atoms with Crippen molar-refractivity contribution in [2.45, 2.75) is 12.8 Å². The number of aromatic nitrogens is 2. The van der Waals surface area contributed by atoms with Gasteiger partial charge in [-0.3, -0.25) is 4.79 Å². The molecule has 0 bridgehead atoms. The second-order valence-electron chi connectivity index (χ2n) is 4.04. The first-order chi connectivity index (χ1) is 7.81. The van der Waals surface area contributed by atoms with E-state index in [9.17, 15) is 4.79 Å². The lowest BCUT2D eigenvalue weighted by Crippen LogP contribution is -2.40. The quantitative estimate of drug-likeness (QED) is 0.736. The zero-order valence-electron chi connectivity index (χ0n) is 8.97. The van der Waals surface area contributed by atoms with Crippen LogP contribution in [-0.4, -0.2) is 40.0 Å². The summed E-state index contributed by atoms with van der Waals surface area (Å²) in [4.78, 5) is 13.9. The van der Waals surface area contributed by atoms with Gasteiger partial charge in [0.15, 0.2) is 0 Å². The second kappa shape index (κ2) is 5.25. The zero-order chi connectivity index (χ0) is 11.4. The maximum atomic E-state index is 12.1. The Morgan fingerprint density at radius 3 is 3.12 bits per heavy atom. The molecule has 1 aliphatic heterocycles. The van der Waals surface area contributed by atoms with Gasteiger partial charge in [0, 0.05) is 19.0 Å². The Morgan fingerprint density at radius 2 is 2.44 bits per heavy atom. The molecule has 1 amide bonds. The molecule has 1 aromatic rings. The molecule has 1 saturated heterocycles. The van der Waals surface area contributed by atoms with Crippen molar-refractivity contribution in [1.82, 2.24) is 15.1 Å². The number of rotatable bonds is 2. The van der Waals surface area contributed by atoms with Crippen molar-refractivity contribution in [1.29, 1.82) is 0 Å². The molecule has 0 aliphatic carbocycles. The number of hydrogen-bond donors (Lipinski definition) is 0. The number of halogens is 1. The minimum absolute atomic E-state index is 0.0321. The Balaban J connectivity index is 2.05. The van der Waals surface area contributed by atoms with E-state index in [0.717, 1.165) is 25.9 Å². The third-order valence-electron chi connectivity index (χ3n) is 2.86. The maximum Gasteiger partial charge on any atom is 0.255 e. The number of nitrogens with zero attached hydrogens (tertiary/aromatic N) is 3. The van der Waals surface area contributed by atoms with Crippen LogP contribution in [0.2, 0.25) is 0 Å². The lowest BCUT2D eigenvalue weighted by atomic mass is 9.99. The number of amides is 1. The maximum absolute atomic E-state index is 12.1. The number of piperidine rings is 1. The van der Waals surface area contributed by atoms with Crippen LogP contribution in [0.4, 0.5) is 0 Å². The second-order valence-corrected chi connectivity index (χ2v) is 4.35. The number of carbonyl (C=O) groups is 1. The monoisotopic (exact) mass is 239 g/mol. The molecule has 1 aliphatic rings. The SMILES string of the molecule is O=C(c1ccnnc1)N1CCCC(CCl)C1. The lowest BCUT2D eigenvalue weighted by Gasteiger charge is -2.31. The van der Waals surface area contributed by atoms with Gasteiger partial charge in [0.2, 0.25) is 0 Å². The van der Waals surface area contributed by atoms with E-state index in [0.29, 0.717) is 17.4 Å². The standard InChI is InChI=1S/C11H14ClN3O/c12-6-9-2-1-5-15(8-9)11(16)10-3-4-13-14-7-10/h3-4,7,9H,1-2,5-6,8H2. The van der Waals surface area contributed by atoms with Gasteiger partial charge in [-0.25, -0.2) is 0 Å². The molecule has 1 fully saturated rings. The number of likely N-dealkylation sites (tertiary alicyclic amines) is 1. The van der Waals surface area contributed by atoms with E-state index < -0.39 is 0 Å². The minimum atomic E-state index is 0.0321. The highest BCUT2D eigenvalue weighted by Gasteiger charge is 2.23. The van der Waals surface area contributed by atoms with E-state index in [2.05, 4.69) is 10.2 Å². The average molecular weight is 240 g/mol. The van der Waals surface area contributed by atoms with Crippen LogP contribution >= 0.6 is 11.6 Å². The summed E-state index contributed by atoms with van der Waals surface area (Å²) >= 11 is 5.84. The van der Waals surface area contributed by atoms with Crippen LogP contribution in [0.3, 0.4) is 0 Å². The summed E-state index contributed by atoms with van der Waals surface area (Å²) in [6.45, 7) is 1.57. The Labute approximate surface area is 99.6 Å². The summed E-state index contributed by atoms with van der Waals surface area (Å²) < 4.78 is 0. The highest BCUT2D eigenvalue weighted by molar-refractivity contribution is 6.18. The molecule has 16 heavy (non-hydrogen) atoms. The third-order valence-corrected chi connectivity index (χ3v) is 3.29. The normalized spacial score (nSPS) is 20.8. The Kier molecular flexibility index (Phi) is 3.72. The van der Waals surface area contributed by atoms with Crippen molar-refractivity contribution >= 4 is 17.5 Å². The minimum Gasteiger partial charge on any atom is -0.338 e. The molecule has 0 radical (unpaired) electrons. The van der Waals surface area contributed by atoms with Crippen LogP contribution in [0, 0.1) is 5.92 Å². The fraction of sp³-hybridized carbons (Fsp3) is 0.545. The van der Waals surface area contributed by atoms with E-state index in [-0.39, 0.29) is 5.91 Å². The van der Waals surface area contributed by atoms with E-state index >= 15 is 0 Å². The molecule has 0 spiro atoms. The summed E-state index contributed by atoms with van der Waals surface area (Å²) in [5.74, 6) is 1.08. The summed E-state index contributed by atoms with van der Waals surface area (Å²) in [7, 11) is 0. The predicted molar refractivity (Wildman–Crippen MR) is 61.4 cm³/mol. The third kappa shape index (κ3) is 2.50. The Bertz CT molecular complexity index is 358. The number of alkyl halides is 1. The van der Waals surface area contributed by atoms with E-state index in [1.807, 2.05) is 4.90 Å². The average Bonchev–Trinajstić information content (AvgIpc) is 2.39. The van der Waals surface area contributed by atoms with Gasteiger partial charge in [0.25, 0.3) is 5.91 Å². The van der Waals surface area contributed by atoms with Crippen molar-refractivity contribution in [2.24, 2.45) is 5.92 Å². The molecule has 4 nitrogen and oxygen atoms in total. The first-order valence-corrected chi connectivity index (χ1v) is 5.96. The van der Waals surface area contributed by atoms with Crippen molar-refractivity contribution in [3.63, 3.8) is 0 Å². The van der Waals surface area contributed by atoms with Gasteiger partial charge in [-0.15, -0.1) is 11.6 Å². The molecule has 2 rings (SSSR count). The van der Waals surface area contributed by atoms with Crippen LogP contribution in [0.25, 0.3) is 0 Å².